The molecule has 0 bridgehead atoms. The lowest BCUT2D eigenvalue weighted by Gasteiger charge is -2.33. The van der Waals surface area contributed by atoms with Gasteiger partial charge in [0.15, 0.2) is 5.65 Å². The number of aromatic nitrogens is 5. The number of ether oxygens (including phenoxy) is 1. The highest BCUT2D eigenvalue weighted by Gasteiger charge is 2.26. The molecular formula is C23H28ClN7O3. The molecule has 10 nitrogen and oxygen atoms in total. The third-order valence-corrected chi connectivity index (χ3v) is 6.85. The van der Waals surface area contributed by atoms with Gasteiger partial charge in [-0.25, -0.2) is 15.0 Å². The molecule has 0 saturated carbocycles. The van der Waals surface area contributed by atoms with E-state index in [0.717, 1.165) is 31.8 Å². The number of pyridine rings is 1. The second kappa shape index (κ2) is 9.44. The van der Waals surface area contributed by atoms with E-state index < -0.39 is 11.1 Å². The minimum Gasteiger partial charge on any atom is -0.376 e. The molecule has 0 aromatic carbocycles. The van der Waals surface area contributed by atoms with E-state index in [1.807, 2.05) is 12.4 Å². The van der Waals surface area contributed by atoms with Crippen LogP contribution in [-0.4, -0.2) is 67.9 Å². The summed E-state index contributed by atoms with van der Waals surface area (Å²) in [5.74, 6) is 0.684. The molecule has 34 heavy (non-hydrogen) atoms. The van der Waals surface area contributed by atoms with Crippen molar-refractivity contribution >= 4 is 28.7 Å². The molecule has 0 amide bonds. The van der Waals surface area contributed by atoms with Crippen LogP contribution in [0.25, 0.3) is 11.2 Å². The molecule has 2 saturated heterocycles. The number of piperidine rings is 1. The molecule has 1 atom stereocenters. The maximum atomic E-state index is 12.9. The molecule has 0 spiro atoms. The van der Waals surface area contributed by atoms with Gasteiger partial charge in [0, 0.05) is 70.0 Å². The number of hydrogen-bond acceptors (Lipinski definition) is 8. The summed E-state index contributed by atoms with van der Waals surface area (Å²) in [6.45, 7) is 6.84. The third kappa shape index (κ3) is 4.45. The Kier molecular flexibility index (Phi) is 6.37. The summed E-state index contributed by atoms with van der Waals surface area (Å²) in [5.41, 5.74) is 0.977. The fourth-order valence-electron chi connectivity index (χ4n) is 4.85. The normalized spacial score (nSPS) is 20.2. The molecule has 0 radical (unpaired) electrons. The van der Waals surface area contributed by atoms with Gasteiger partial charge in [-0.3, -0.25) is 19.1 Å². The van der Waals surface area contributed by atoms with E-state index in [4.69, 9.17) is 16.3 Å². The van der Waals surface area contributed by atoms with Gasteiger partial charge in [-0.1, -0.05) is 11.6 Å². The number of rotatable bonds is 4. The Morgan fingerprint density at radius 3 is 2.50 bits per heavy atom. The molecule has 5 heterocycles. The summed E-state index contributed by atoms with van der Waals surface area (Å²) in [6, 6.07) is 1.54. The first-order valence-corrected chi connectivity index (χ1v) is 11.9. The van der Waals surface area contributed by atoms with Crippen LogP contribution < -0.4 is 16.0 Å². The van der Waals surface area contributed by atoms with Crippen molar-refractivity contribution < 1.29 is 4.74 Å². The zero-order chi connectivity index (χ0) is 23.8. The average Bonchev–Trinajstić information content (AvgIpc) is 2.84. The zero-order valence-corrected chi connectivity index (χ0v) is 20.1. The monoisotopic (exact) mass is 485 g/mol. The standard InChI is InChI=1S/C23H28ClN7O3/c1-15-13-29(7-8-34-15)14-16-10-26-23(27-11-16)30-5-3-18(4-6-30)31-20-19(9-17(24)12-25-20)28(2)21(32)22(31)33/h9-12,15,18H,3-8,13-14H2,1-2H3. The van der Waals surface area contributed by atoms with Crippen LogP contribution in [0.15, 0.2) is 34.2 Å². The van der Waals surface area contributed by atoms with Crippen molar-refractivity contribution in [1.29, 1.82) is 0 Å². The topological polar surface area (TPSA) is 98.4 Å². The molecule has 2 aliphatic rings. The summed E-state index contributed by atoms with van der Waals surface area (Å²) in [4.78, 5) is 43.5. The fourth-order valence-corrected chi connectivity index (χ4v) is 5.01. The van der Waals surface area contributed by atoms with Gasteiger partial charge in [0.2, 0.25) is 5.95 Å². The van der Waals surface area contributed by atoms with Crippen LogP contribution in [0.5, 0.6) is 0 Å². The number of anilines is 1. The molecule has 180 valence electrons. The summed E-state index contributed by atoms with van der Waals surface area (Å²) < 4.78 is 8.46. The minimum atomic E-state index is -0.576. The molecule has 2 fully saturated rings. The van der Waals surface area contributed by atoms with Gasteiger partial charge in [0.25, 0.3) is 0 Å². The molecule has 11 heteroatoms. The lowest BCUT2D eigenvalue weighted by atomic mass is 10.0. The van der Waals surface area contributed by atoms with Crippen molar-refractivity contribution in [3.8, 4) is 0 Å². The molecule has 0 aliphatic carbocycles. The first-order valence-electron chi connectivity index (χ1n) is 11.6. The lowest BCUT2D eigenvalue weighted by Crippen LogP contribution is -2.45. The SMILES string of the molecule is CC1CN(Cc2cnc(N3CCC(n4c(=O)c(=O)n(C)c5cc(Cl)cnc54)CC3)nc2)CCO1. The van der Waals surface area contributed by atoms with Crippen molar-refractivity contribution in [3.63, 3.8) is 0 Å². The van der Waals surface area contributed by atoms with E-state index in [2.05, 4.69) is 31.7 Å². The van der Waals surface area contributed by atoms with Gasteiger partial charge in [0.05, 0.1) is 23.3 Å². The van der Waals surface area contributed by atoms with Gasteiger partial charge in [-0.15, -0.1) is 0 Å². The van der Waals surface area contributed by atoms with Crippen molar-refractivity contribution in [2.24, 2.45) is 7.05 Å². The maximum absolute atomic E-state index is 12.9. The second-order valence-corrected chi connectivity index (χ2v) is 9.50. The van der Waals surface area contributed by atoms with Gasteiger partial charge in [0.1, 0.15) is 0 Å². The minimum absolute atomic E-state index is 0.128. The summed E-state index contributed by atoms with van der Waals surface area (Å²) in [5, 5.41) is 0.422. The quantitative estimate of drug-likeness (QED) is 0.514. The van der Waals surface area contributed by atoms with E-state index in [1.165, 1.54) is 10.8 Å². The molecule has 1 unspecified atom stereocenters. The molecule has 5 rings (SSSR count). The first kappa shape index (κ1) is 22.9. The highest BCUT2D eigenvalue weighted by atomic mass is 35.5. The van der Waals surface area contributed by atoms with Crippen LogP contribution in [0, 0.1) is 0 Å². The van der Waals surface area contributed by atoms with Crippen LogP contribution in [0.4, 0.5) is 5.95 Å². The Hall–Kier alpha value is -2.82. The second-order valence-electron chi connectivity index (χ2n) is 9.06. The lowest BCUT2D eigenvalue weighted by molar-refractivity contribution is -0.0212. The number of morpholine rings is 1. The smallest absolute Gasteiger partial charge is 0.318 e. The average molecular weight is 486 g/mol. The molecule has 3 aromatic heterocycles. The predicted octanol–water partition coefficient (Wildman–Crippen LogP) is 1.60. The highest BCUT2D eigenvalue weighted by Crippen LogP contribution is 2.26. The van der Waals surface area contributed by atoms with Crippen molar-refractivity contribution in [2.45, 2.75) is 38.5 Å². The number of aryl methyl sites for hydroxylation is 1. The number of hydrogen-bond donors (Lipinski definition) is 0. The van der Waals surface area contributed by atoms with Crippen LogP contribution >= 0.6 is 11.6 Å². The Bertz CT molecular complexity index is 1300. The summed E-state index contributed by atoms with van der Waals surface area (Å²) >= 11 is 6.09. The number of nitrogens with zero attached hydrogens (tertiary/aromatic N) is 7. The molecular weight excluding hydrogens is 458 g/mol. The largest absolute Gasteiger partial charge is 0.376 e. The molecule has 2 aliphatic heterocycles. The van der Waals surface area contributed by atoms with Gasteiger partial charge >= 0.3 is 11.1 Å². The predicted molar refractivity (Wildman–Crippen MR) is 129 cm³/mol. The van der Waals surface area contributed by atoms with Crippen LogP contribution in [0.3, 0.4) is 0 Å². The summed E-state index contributed by atoms with van der Waals surface area (Å²) in [7, 11) is 1.57. The van der Waals surface area contributed by atoms with Crippen LogP contribution in [0.1, 0.15) is 31.4 Å². The first-order chi connectivity index (χ1) is 16.4. The number of halogens is 1. The van der Waals surface area contributed by atoms with Crippen molar-refractivity contribution in [2.75, 3.05) is 37.7 Å². The van der Waals surface area contributed by atoms with Gasteiger partial charge in [-0.05, 0) is 25.8 Å². The van der Waals surface area contributed by atoms with E-state index >= 15 is 0 Å². The Labute approximate surface area is 201 Å². The molecule has 0 N–H and O–H groups in total. The van der Waals surface area contributed by atoms with Gasteiger partial charge in [-0.2, -0.15) is 0 Å². The molecule has 3 aromatic rings. The fraction of sp³-hybridized carbons (Fsp3) is 0.522. The zero-order valence-electron chi connectivity index (χ0n) is 19.4. The Morgan fingerprint density at radius 1 is 1.06 bits per heavy atom. The Morgan fingerprint density at radius 2 is 1.79 bits per heavy atom. The van der Waals surface area contributed by atoms with E-state index in [9.17, 15) is 9.59 Å². The van der Waals surface area contributed by atoms with Gasteiger partial charge < -0.3 is 14.2 Å². The summed E-state index contributed by atoms with van der Waals surface area (Å²) in [6.07, 6.45) is 6.90. The number of fused-ring (bicyclic) bond motifs is 1. The Balaban J connectivity index is 1.30. The maximum Gasteiger partial charge on any atom is 0.318 e. The van der Waals surface area contributed by atoms with E-state index in [1.54, 1.807) is 17.7 Å². The van der Waals surface area contributed by atoms with Crippen LogP contribution in [0.2, 0.25) is 5.02 Å². The third-order valence-electron chi connectivity index (χ3n) is 6.65. The van der Waals surface area contributed by atoms with E-state index in [0.29, 0.717) is 48.1 Å². The van der Waals surface area contributed by atoms with Crippen molar-refractivity contribution in [3.05, 3.63) is 56.0 Å². The highest BCUT2D eigenvalue weighted by molar-refractivity contribution is 6.31. The van der Waals surface area contributed by atoms with E-state index in [-0.39, 0.29) is 12.1 Å². The van der Waals surface area contributed by atoms with Crippen LogP contribution in [-0.2, 0) is 18.3 Å². The van der Waals surface area contributed by atoms with Crippen molar-refractivity contribution in [1.82, 2.24) is 29.0 Å².